The molecule has 0 saturated heterocycles. The molecule has 0 spiro atoms. The van der Waals surface area contributed by atoms with E-state index in [1.54, 1.807) is 18.2 Å². The van der Waals surface area contributed by atoms with Gasteiger partial charge in [-0.15, -0.1) is 0 Å². The Balaban J connectivity index is 2.35. The van der Waals surface area contributed by atoms with E-state index in [0.29, 0.717) is 23.6 Å². The molecule has 0 aliphatic rings. The van der Waals surface area contributed by atoms with E-state index in [1.807, 2.05) is 6.07 Å². The first kappa shape index (κ1) is 12.7. The topological polar surface area (TPSA) is 55.1 Å². The minimum atomic E-state index is 0.142. The number of rotatable bonds is 6. The molecule has 0 saturated carbocycles. The summed E-state index contributed by atoms with van der Waals surface area (Å²) in [5.74, 6) is 0.756. The van der Waals surface area contributed by atoms with Crippen LogP contribution in [0.3, 0.4) is 0 Å². The standard InChI is InChI=1S/C13H20N2O/c1-10(2)9-15-7-6-13(16)11-4-3-5-12(14)8-11/h3-5,8,10,15H,6-7,9,14H2,1-2H3. The van der Waals surface area contributed by atoms with E-state index in [2.05, 4.69) is 19.2 Å². The van der Waals surface area contributed by atoms with Crippen LogP contribution in [0.2, 0.25) is 0 Å². The second-order valence-corrected chi connectivity index (χ2v) is 4.40. The summed E-state index contributed by atoms with van der Waals surface area (Å²) < 4.78 is 0. The van der Waals surface area contributed by atoms with E-state index < -0.39 is 0 Å². The fourth-order valence-electron chi connectivity index (χ4n) is 1.45. The maximum atomic E-state index is 11.7. The lowest BCUT2D eigenvalue weighted by atomic mass is 10.1. The van der Waals surface area contributed by atoms with Crippen molar-refractivity contribution < 1.29 is 4.79 Å². The molecule has 88 valence electrons. The van der Waals surface area contributed by atoms with Crippen LogP contribution in [0.4, 0.5) is 5.69 Å². The van der Waals surface area contributed by atoms with Gasteiger partial charge in [0.15, 0.2) is 5.78 Å². The molecular weight excluding hydrogens is 200 g/mol. The van der Waals surface area contributed by atoms with Gasteiger partial charge >= 0.3 is 0 Å². The fraction of sp³-hybridized carbons (Fsp3) is 0.462. The van der Waals surface area contributed by atoms with Crippen molar-refractivity contribution in [3.05, 3.63) is 29.8 Å². The molecule has 1 aromatic rings. The molecule has 0 aliphatic heterocycles. The highest BCUT2D eigenvalue weighted by molar-refractivity contribution is 5.96. The van der Waals surface area contributed by atoms with Gasteiger partial charge in [0.05, 0.1) is 0 Å². The fourth-order valence-corrected chi connectivity index (χ4v) is 1.45. The van der Waals surface area contributed by atoms with Crippen molar-refractivity contribution in [2.24, 2.45) is 5.92 Å². The lowest BCUT2D eigenvalue weighted by Crippen LogP contribution is -2.22. The van der Waals surface area contributed by atoms with E-state index in [1.165, 1.54) is 0 Å². The van der Waals surface area contributed by atoms with Crippen LogP contribution in [0, 0.1) is 5.92 Å². The van der Waals surface area contributed by atoms with Crippen molar-refractivity contribution in [1.82, 2.24) is 5.32 Å². The zero-order valence-corrected chi connectivity index (χ0v) is 9.99. The van der Waals surface area contributed by atoms with E-state index >= 15 is 0 Å². The van der Waals surface area contributed by atoms with Crippen molar-refractivity contribution >= 4 is 11.5 Å². The minimum absolute atomic E-state index is 0.142. The molecule has 0 aromatic heterocycles. The summed E-state index contributed by atoms with van der Waals surface area (Å²) in [6.07, 6.45) is 0.524. The van der Waals surface area contributed by atoms with Crippen LogP contribution >= 0.6 is 0 Å². The summed E-state index contributed by atoms with van der Waals surface area (Å²) in [5.41, 5.74) is 6.96. The minimum Gasteiger partial charge on any atom is -0.399 e. The molecule has 0 bridgehead atoms. The average Bonchev–Trinajstić information content (AvgIpc) is 2.24. The van der Waals surface area contributed by atoms with Crippen LogP contribution in [0.25, 0.3) is 0 Å². The maximum Gasteiger partial charge on any atom is 0.164 e. The Labute approximate surface area is 97.0 Å². The quantitative estimate of drug-likeness (QED) is 0.438. The second kappa shape index (κ2) is 6.28. The largest absolute Gasteiger partial charge is 0.399 e. The Morgan fingerprint density at radius 2 is 2.19 bits per heavy atom. The van der Waals surface area contributed by atoms with Crippen molar-refractivity contribution in [1.29, 1.82) is 0 Å². The highest BCUT2D eigenvalue weighted by Crippen LogP contribution is 2.08. The Hall–Kier alpha value is -1.35. The highest BCUT2D eigenvalue weighted by atomic mass is 16.1. The molecule has 1 rings (SSSR count). The first-order valence-corrected chi connectivity index (χ1v) is 5.69. The number of nitrogens with one attached hydrogen (secondary N) is 1. The third-order valence-electron chi connectivity index (χ3n) is 2.29. The molecule has 3 heteroatoms. The number of nitrogens with two attached hydrogens (primary N) is 1. The number of nitrogen functional groups attached to an aromatic ring is 1. The number of hydrogen-bond donors (Lipinski definition) is 2. The summed E-state index contributed by atoms with van der Waals surface area (Å²) in [6, 6.07) is 7.13. The predicted octanol–water partition coefficient (Wildman–Crippen LogP) is 2.09. The Kier molecular flexibility index (Phi) is 4.99. The SMILES string of the molecule is CC(C)CNCCC(=O)c1cccc(N)c1. The monoisotopic (exact) mass is 220 g/mol. The Bertz CT molecular complexity index is 348. The lowest BCUT2D eigenvalue weighted by molar-refractivity contribution is 0.0982. The molecule has 0 aliphatic carbocycles. The number of hydrogen-bond acceptors (Lipinski definition) is 3. The molecule has 0 atom stereocenters. The summed E-state index contributed by atoms with van der Waals surface area (Å²) in [4.78, 5) is 11.7. The number of anilines is 1. The third kappa shape index (κ3) is 4.45. The summed E-state index contributed by atoms with van der Waals surface area (Å²) >= 11 is 0. The van der Waals surface area contributed by atoms with Crippen LogP contribution < -0.4 is 11.1 Å². The van der Waals surface area contributed by atoms with Crippen LogP contribution in [0.5, 0.6) is 0 Å². The molecule has 3 nitrogen and oxygen atoms in total. The smallest absolute Gasteiger partial charge is 0.164 e. The summed E-state index contributed by atoms with van der Waals surface area (Å²) in [6.45, 7) is 5.97. The number of benzene rings is 1. The van der Waals surface area contributed by atoms with Gasteiger partial charge in [0, 0.05) is 24.2 Å². The normalized spacial score (nSPS) is 10.7. The predicted molar refractivity (Wildman–Crippen MR) is 67.5 cm³/mol. The van der Waals surface area contributed by atoms with Crippen LogP contribution in [0.1, 0.15) is 30.6 Å². The van der Waals surface area contributed by atoms with E-state index in [9.17, 15) is 4.79 Å². The van der Waals surface area contributed by atoms with Crippen molar-refractivity contribution in [3.8, 4) is 0 Å². The van der Waals surface area contributed by atoms with Gasteiger partial charge in [-0.3, -0.25) is 4.79 Å². The van der Waals surface area contributed by atoms with Gasteiger partial charge in [-0.2, -0.15) is 0 Å². The molecule has 1 aromatic carbocycles. The van der Waals surface area contributed by atoms with Crippen LogP contribution in [0.15, 0.2) is 24.3 Å². The van der Waals surface area contributed by atoms with Gasteiger partial charge in [-0.1, -0.05) is 26.0 Å². The van der Waals surface area contributed by atoms with E-state index in [-0.39, 0.29) is 5.78 Å². The zero-order chi connectivity index (χ0) is 12.0. The summed E-state index contributed by atoms with van der Waals surface area (Å²) in [5, 5.41) is 3.25. The first-order valence-electron chi connectivity index (χ1n) is 5.69. The molecule has 16 heavy (non-hydrogen) atoms. The van der Waals surface area contributed by atoms with Crippen LogP contribution in [-0.2, 0) is 0 Å². The van der Waals surface area contributed by atoms with E-state index in [0.717, 1.165) is 13.1 Å². The molecule has 0 heterocycles. The molecule has 0 unspecified atom stereocenters. The maximum absolute atomic E-state index is 11.7. The average molecular weight is 220 g/mol. The second-order valence-electron chi connectivity index (χ2n) is 4.40. The molecule has 0 radical (unpaired) electrons. The van der Waals surface area contributed by atoms with Gasteiger partial charge in [0.2, 0.25) is 0 Å². The van der Waals surface area contributed by atoms with Crippen LogP contribution in [-0.4, -0.2) is 18.9 Å². The number of ketones is 1. The summed E-state index contributed by atoms with van der Waals surface area (Å²) in [7, 11) is 0. The third-order valence-corrected chi connectivity index (χ3v) is 2.29. The zero-order valence-electron chi connectivity index (χ0n) is 9.99. The van der Waals surface area contributed by atoms with Gasteiger partial charge < -0.3 is 11.1 Å². The molecule has 0 fully saturated rings. The number of Topliss-reactive ketones (excluding diaryl/α,β-unsaturated/α-hetero) is 1. The van der Waals surface area contributed by atoms with Crippen molar-refractivity contribution in [2.45, 2.75) is 20.3 Å². The number of carbonyl (C=O) groups is 1. The first-order chi connectivity index (χ1) is 7.59. The Morgan fingerprint density at radius 3 is 2.81 bits per heavy atom. The van der Waals surface area contributed by atoms with Crippen molar-refractivity contribution in [2.75, 3.05) is 18.8 Å². The Morgan fingerprint density at radius 1 is 1.44 bits per heavy atom. The lowest BCUT2D eigenvalue weighted by Gasteiger charge is -2.06. The van der Waals surface area contributed by atoms with Gasteiger partial charge in [-0.05, 0) is 24.6 Å². The van der Waals surface area contributed by atoms with Crippen molar-refractivity contribution in [3.63, 3.8) is 0 Å². The number of carbonyl (C=O) groups excluding carboxylic acids is 1. The molecule has 0 amide bonds. The van der Waals surface area contributed by atoms with Gasteiger partial charge in [-0.25, -0.2) is 0 Å². The van der Waals surface area contributed by atoms with Gasteiger partial charge in [0.1, 0.15) is 0 Å². The molecule has 3 N–H and O–H groups in total. The highest BCUT2D eigenvalue weighted by Gasteiger charge is 2.05. The molecular formula is C13H20N2O. The van der Waals surface area contributed by atoms with Gasteiger partial charge in [0.25, 0.3) is 0 Å². The van der Waals surface area contributed by atoms with E-state index in [4.69, 9.17) is 5.73 Å².